The standard InChI is InChI=1S/C14H15N3O2/c1-10-15-13(19)14(16-10)7-8-17(9-14)12(18)11-5-3-2-4-6-11/h2-6,16H,1,7-9H2,(H,15,19)/i2T. The van der Waals surface area contributed by atoms with Crippen molar-refractivity contribution in [3.63, 3.8) is 0 Å². The molecular weight excluding hydrogens is 242 g/mol. The fraction of sp³-hybridized carbons (Fsp3) is 0.286. The molecular formula is C14H15N3O2. The molecule has 2 aliphatic heterocycles. The second kappa shape index (κ2) is 4.12. The minimum atomic E-state index is -0.734. The molecule has 5 heteroatoms. The van der Waals surface area contributed by atoms with E-state index in [0.29, 0.717) is 36.9 Å². The zero-order valence-electron chi connectivity index (χ0n) is 11.4. The summed E-state index contributed by atoms with van der Waals surface area (Å²) in [6.45, 7) is 4.55. The predicted molar refractivity (Wildman–Crippen MR) is 70.1 cm³/mol. The third kappa shape index (κ3) is 1.87. The average Bonchev–Trinajstić information content (AvgIpc) is 2.95. The zero-order chi connectivity index (χ0) is 14.3. The molecule has 0 aromatic heterocycles. The third-order valence-corrected chi connectivity index (χ3v) is 3.61. The van der Waals surface area contributed by atoms with Crippen molar-refractivity contribution in [1.82, 2.24) is 15.5 Å². The van der Waals surface area contributed by atoms with Gasteiger partial charge >= 0.3 is 0 Å². The van der Waals surface area contributed by atoms with E-state index in [1.54, 1.807) is 29.2 Å². The molecule has 3 rings (SSSR count). The normalized spacial score (nSPS) is 26.3. The van der Waals surface area contributed by atoms with Crippen LogP contribution < -0.4 is 10.6 Å². The first-order valence-electron chi connectivity index (χ1n) is 6.65. The van der Waals surface area contributed by atoms with Gasteiger partial charge in [-0.05, 0) is 18.6 Å². The first-order valence-corrected chi connectivity index (χ1v) is 6.15. The van der Waals surface area contributed by atoms with Gasteiger partial charge in [0, 0.05) is 12.1 Å². The largest absolute Gasteiger partial charge is 0.356 e. The van der Waals surface area contributed by atoms with Crippen LogP contribution in [0, 0.1) is 0 Å². The van der Waals surface area contributed by atoms with Crippen molar-refractivity contribution in [2.45, 2.75) is 12.0 Å². The highest BCUT2D eigenvalue weighted by atomic mass is 16.2. The van der Waals surface area contributed by atoms with E-state index in [1.807, 2.05) is 0 Å². The van der Waals surface area contributed by atoms with E-state index in [9.17, 15) is 9.59 Å². The fourth-order valence-corrected chi connectivity index (χ4v) is 2.62. The van der Waals surface area contributed by atoms with E-state index in [0.717, 1.165) is 0 Å². The number of hydrogen-bond donors (Lipinski definition) is 2. The van der Waals surface area contributed by atoms with Crippen molar-refractivity contribution in [1.29, 1.82) is 0 Å². The minimum absolute atomic E-state index is 0.117. The molecule has 1 aromatic rings. The second-order valence-corrected chi connectivity index (χ2v) is 4.91. The van der Waals surface area contributed by atoms with Gasteiger partial charge in [-0.1, -0.05) is 24.8 Å². The van der Waals surface area contributed by atoms with Crippen molar-refractivity contribution in [2.24, 2.45) is 0 Å². The first-order chi connectivity index (χ1) is 9.50. The summed E-state index contributed by atoms with van der Waals surface area (Å²) in [4.78, 5) is 26.0. The molecule has 2 aliphatic rings. The molecule has 2 saturated heterocycles. The molecule has 2 fully saturated rings. The van der Waals surface area contributed by atoms with Crippen LogP contribution in [0.2, 0.25) is 0 Å². The second-order valence-electron chi connectivity index (χ2n) is 4.91. The maximum Gasteiger partial charge on any atom is 0.253 e. The highest BCUT2D eigenvalue weighted by molar-refractivity contribution is 5.97. The van der Waals surface area contributed by atoms with Crippen LogP contribution in [0.5, 0.6) is 0 Å². The highest BCUT2D eigenvalue weighted by Crippen LogP contribution is 2.27. The average molecular weight is 259 g/mol. The van der Waals surface area contributed by atoms with Crippen LogP contribution in [-0.2, 0) is 4.79 Å². The Bertz CT molecular complexity index is 599. The van der Waals surface area contributed by atoms with Crippen LogP contribution >= 0.6 is 0 Å². The van der Waals surface area contributed by atoms with Crippen molar-refractivity contribution in [2.75, 3.05) is 13.1 Å². The molecule has 0 radical (unpaired) electrons. The van der Waals surface area contributed by atoms with Crippen molar-refractivity contribution >= 4 is 11.8 Å². The maximum absolute atomic E-state index is 12.4. The topological polar surface area (TPSA) is 61.4 Å². The van der Waals surface area contributed by atoms with Gasteiger partial charge in [0.25, 0.3) is 11.8 Å². The number of rotatable bonds is 1. The summed E-state index contributed by atoms with van der Waals surface area (Å²) in [6, 6.07) is 6.81. The maximum atomic E-state index is 12.4. The summed E-state index contributed by atoms with van der Waals surface area (Å²) < 4.78 is 7.42. The summed E-state index contributed by atoms with van der Waals surface area (Å²) in [6.07, 6.45) is 0.570. The van der Waals surface area contributed by atoms with Gasteiger partial charge in [0.1, 0.15) is 5.54 Å². The zero-order valence-corrected chi connectivity index (χ0v) is 10.4. The summed E-state index contributed by atoms with van der Waals surface area (Å²) in [5, 5.41) is 5.69. The van der Waals surface area contributed by atoms with Crippen molar-refractivity contribution in [3.05, 3.63) is 48.3 Å². The summed E-state index contributed by atoms with van der Waals surface area (Å²) in [7, 11) is 0. The Kier molecular flexibility index (Phi) is 2.30. The quantitative estimate of drug-likeness (QED) is 0.770. The van der Waals surface area contributed by atoms with Crippen LogP contribution in [-0.4, -0.2) is 35.3 Å². The van der Waals surface area contributed by atoms with Crippen LogP contribution in [0.15, 0.2) is 42.7 Å². The van der Waals surface area contributed by atoms with Crippen LogP contribution in [0.1, 0.15) is 18.1 Å². The van der Waals surface area contributed by atoms with E-state index >= 15 is 0 Å². The number of carbonyl (C=O) groups is 2. The number of nitrogens with one attached hydrogen (secondary N) is 2. The number of amides is 2. The van der Waals surface area contributed by atoms with Gasteiger partial charge in [-0.3, -0.25) is 9.59 Å². The lowest BCUT2D eigenvalue weighted by Gasteiger charge is -2.21. The van der Waals surface area contributed by atoms with Gasteiger partial charge in [-0.15, -0.1) is 0 Å². The highest BCUT2D eigenvalue weighted by Gasteiger charge is 2.49. The first kappa shape index (κ1) is 10.6. The molecule has 19 heavy (non-hydrogen) atoms. The van der Waals surface area contributed by atoms with Gasteiger partial charge in [0.2, 0.25) is 0 Å². The summed E-state index contributed by atoms with van der Waals surface area (Å²) in [5.41, 5.74) is -0.197. The molecule has 0 bridgehead atoms. The molecule has 2 heterocycles. The third-order valence-electron chi connectivity index (χ3n) is 3.61. The number of hydrogen-bond acceptors (Lipinski definition) is 3. The van der Waals surface area contributed by atoms with Crippen LogP contribution in [0.25, 0.3) is 0 Å². The van der Waals surface area contributed by atoms with Gasteiger partial charge in [-0.25, -0.2) is 0 Å². The molecule has 1 unspecified atom stereocenters. The minimum Gasteiger partial charge on any atom is -0.356 e. The van der Waals surface area contributed by atoms with E-state index in [1.165, 1.54) is 0 Å². The Morgan fingerprint density at radius 3 is 2.84 bits per heavy atom. The van der Waals surface area contributed by atoms with Crippen LogP contribution in [0.3, 0.4) is 0 Å². The molecule has 98 valence electrons. The van der Waals surface area contributed by atoms with Gasteiger partial charge < -0.3 is 15.5 Å². The lowest BCUT2D eigenvalue weighted by atomic mass is 9.99. The van der Waals surface area contributed by atoms with Gasteiger partial charge in [0.05, 0.1) is 13.7 Å². The Balaban J connectivity index is 1.77. The SMILES string of the molecule is [3H]c1ccc(C(=O)N2CCC3(C2)NC(=C)NC3=O)cc1. The van der Waals surface area contributed by atoms with Crippen LogP contribution in [0.4, 0.5) is 0 Å². The van der Waals surface area contributed by atoms with Gasteiger partial charge in [-0.2, -0.15) is 0 Å². The molecule has 1 aromatic carbocycles. The van der Waals surface area contributed by atoms with E-state index in [4.69, 9.17) is 1.37 Å². The lowest BCUT2D eigenvalue weighted by molar-refractivity contribution is -0.123. The summed E-state index contributed by atoms with van der Waals surface area (Å²) >= 11 is 0. The van der Waals surface area contributed by atoms with E-state index in [-0.39, 0.29) is 11.8 Å². The van der Waals surface area contributed by atoms with E-state index in [2.05, 4.69) is 17.2 Å². The summed E-state index contributed by atoms with van der Waals surface area (Å²) in [5.74, 6) is 0.246. The molecule has 0 saturated carbocycles. The Morgan fingerprint density at radius 1 is 1.47 bits per heavy atom. The molecule has 1 spiro atoms. The molecule has 1 atom stereocenters. The number of likely N-dealkylation sites (tertiary alicyclic amines) is 1. The Hall–Kier alpha value is -2.30. The monoisotopic (exact) mass is 259 g/mol. The lowest BCUT2D eigenvalue weighted by Crippen LogP contribution is -2.49. The predicted octanol–water partition coefficient (Wildman–Crippen LogP) is 0.462. The van der Waals surface area contributed by atoms with E-state index < -0.39 is 5.54 Å². The number of carbonyl (C=O) groups excluding carboxylic acids is 2. The molecule has 2 amide bonds. The fourth-order valence-electron chi connectivity index (χ4n) is 2.62. The number of benzene rings is 1. The Morgan fingerprint density at radius 2 is 2.21 bits per heavy atom. The molecule has 5 nitrogen and oxygen atoms in total. The molecule has 2 N–H and O–H groups in total. The van der Waals surface area contributed by atoms with Crippen molar-refractivity contribution in [3.8, 4) is 0 Å². The number of nitrogens with zero attached hydrogens (tertiary/aromatic N) is 1. The van der Waals surface area contributed by atoms with Crippen molar-refractivity contribution < 1.29 is 11.0 Å². The molecule has 0 aliphatic carbocycles. The Labute approximate surface area is 112 Å². The smallest absolute Gasteiger partial charge is 0.253 e. The van der Waals surface area contributed by atoms with Gasteiger partial charge in [0.15, 0.2) is 0 Å².